The molecule has 6 heteroatoms. The Morgan fingerprint density at radius 1 is 0.962 bits per heavy atom. The molecule has 2 aromatic rings. The summed E-state index contributed by atoms with van der Waals surface area (Å²) in [6.07, 6.45) is 0.473. The molecule has 2 aromatic carbocycles. The van der Waals surface area contributed by atoms with Crippen LogP contribution >= 0.6 is 0 Å². The summed E-state index contributed by atoms with van der Waals surface area (Å²) >= 11 is 0. The summed E-state index contributed by atoms with van der Waals surface area (Å²) in [6, 6.07) is 18.0. The molecule has 2 rings (SSSR count). The number of anilines is 2. The number of rotatable bonds is 9. The molecule has 0 spiro atoms. The minimum atomic E-state index is -0.857. The van der Waals surface area contributed by atoms with E-state index in [0.717, 1.165) is 23.5 Å². The second-order valence-corrected chi connectivity index (χ2v) is 5.85. The van der Waals surface area contributed by atoms with E-state index in [9.17, 15) is 9.59 Å². The van der Waals surface area contributed by atoms with Crippen molar-refractivity contribution in [2.75, 3.05) is 18.0 Å². The molecule has 0 fully saturated rings. The summed E-state index contributed by atoms with van der Waals surface area (Å²) in [4.78, 5) is 24.3. The summed E-state index contributed by atoms with van der Waals surface area (Å²) in [6.45, 7) is 3.74. The quantitative estimate of drug-likeness (QED) is 0.601. The van der Waals surface area contributed by atoms with Crippen LogP contribution in [0.3, 0.4) is 0 Å². The largest absolute Gasteiger partial charge is 0.481 e. The number of para-hydroxylation sites is 1. The number of benzene rings is 2. The third-order valence-electron chi connectivity index (χ3n) is 3.94. The number of carboxylic acid groups (broad SMARTS) is 1. The van der Waals surface area contributed by atoms with Crippen LogP contribution in [0.1, 0.15) is 25.3 Å². The molecule has 0 radical (unpaired) electrons. The lowest BCUT2D eigenvalue weighted by molar-refractivity contribution is -0.137. The van der Waals surface area contributed by atoms with Crippen molar-refractivity contribution in [3.8, 4) is 0 Å². The number of carbonyl (C=O) groups is 2. The second kappa shape index (κ2) is 10.1. The third-order valence-corrected chi connectivity index (χ3v) is 3.94. The number of carboxylic acids is 1. The zero-order chi connectivity index (χ0) is 18.8. The summed E-state index contributed by atoms with van der Waals surface area (Å²) in [5, 5.41) is 14.0. The number of aliphatic carboxylic acids is 1. The fourth-order valence-electron chi connectivity index (χ4n) is 2.60. The van der Waals surface area contributed by atoms with Crippen LogP contribution in [0, 0.1) is 0 Å². The minimum absolute atomic E-state index is 0.0527. The average molecular weight is 355 g/mol. The van der Waals surface area contributed by atoms with Crippen LogP contribution in [0.4, 0.5) is 16.2 Å². The maximum Gasteiger partial charge on any atom is 0.315 e. The van der Waals surface area contributed by atoms with Gasteiger partial charge >= 0.3 is 12.0 Å². The van der Waals surface area contributed by atoms with E-state index in [4.69, 9.17) is 5.11 Å². The van der Waals surface area contributed by atoms with Gasteiger partial charge in [-0.05, 0) is 43.2 Å². The highest BCUT2D eigenvalue weighted by Gasteiger charge is 2.07. The summed E-state index contributed by atoms with van der Waals surface area (Å²) in [5.41, 5.74) is 3.24. The summed E-state index contributed by atoms with van der Waals surface area (Å²) < 4.78 is 0. The predicted octanol–water partition coefficient (Wildman–Crippen LogP) is 3.51. The SMILES string of the molecule is CCN(c1ccccc1)c1ccc(CNC(=O)NCCCC(=O)O)cc1. The lowest BCUT2D eigenvalue weighted by Gasteiger charge is -2.23. The molecule has 2 amide bonds. The maximum absolute atomic E-state index is 11.7. The second-order valence-electron chi connectivity index (χ2n) is 5.85. The van der Waals surface area contributed by atoms with Crippen molar-refractivity contribution >= 4 is 23.4 Å². The first-order valence-electron chi connectivity index (χ1n) is 8.75. The highest BCUT2D eigenvalue weighted by Crippen LogP contribution is 2.24. The van der Waals surface area contributed by atoms with Gasteiger partial charge in [0.15, 0.2) is 0 Å². The monoisotopic (exact) mass is 355 g/mol. The number of urea groups is 1. The van der Waals surface area contributed by atoms with Gasteiger partial charge < -0.3 is 20.6 Å². The van der Waals surface area contributed by atoms with Crippen LogP contribution in [-0.2, 0) is 11.3 Å². The Kier molecular flexibility index (Phi) is 7.49. The minimum Gasteiger partial charge on any atom is -0.481 e. The van der Waals surface area contributed by atoms with Gasteiger partial charge in [0.2, 0.25) is 0 Å². The van der Waals surface area contributed by atoms with E-state index in [-0.39, 0.29) is 12.5 Å². The van der Waals surface area contributed by atoms with Crippen LogP contribution in [0.5, 0.6) is 0 Å². The predicted molar refractivity (Wildman–Crippen MR) is 103 cm³/mol. The lowest BCUT2D eigenvalue weighted by Crippen LogP contribution is -2.35. The molecular formula is C20H25N3O3. The topological polar surface area (TPSA) is 81.7 Å². The van der Waals surface area contributed by atoms with E-state index in [1.165, 1.54) is 0 Å². The highest BCUT2D eigenvalue weighted by molar-refractivity contribution is 5.74. The molecule has 0 atom stereocenters. The van der Waals surface area contributed by atoms with Crippen molar-refractivity contribution in [3.05, 3.63) is 60.2 Å². The number of amides is 2. The smallest absolute Gasteiger partial charge is 0.315 e. The zero-order valence-electron chi connectivity index (χ0n) is 14.9. The third kappa shape index (κ3) is 6.12. The molecule has 6 nitrogen and oxygen atoms in total. The van der Waals surface area contributed by atoms with Gasteiger partial charge in [-0.2, -0.15) is 0 Å². The first-order valence-corrected chi connectivity index (χ1v) is 8.75. The van der Waals surface area contributed by atoms with Crippen molar-refractivity contribution in [1.82, 2.24) is 10.6 Å². The number of carbonyl (C=O) groups excluding carboxylic acids is 1. The van der Waals surface area contributed by atoms with Gasteiger partial charge in [0.25, 0.3) is 0 Å². The van der Waals surface area contributed by atoms with Crippen molar-refractivity contribution in [1.29, 1.82) is 0 Å². The fourth-order valence-corrected chi connectivity index (χ4v) is 2.60. The highest BCUT2D eigenvalue weighted by atomic mass is 16.4. The number of nitrogens with zero attached hydrogens (tertiary/aromatic N) is 1. The van der Waals surface area contributed by atoms with Gasteiger partial charge in [0, 0.05) is 37.4 Å². The Morgan fingerprint density at radius 3 is 2.23 bits per heavy atom. The molecule has 0 heterocycles. The number of hydrogen-bond donors (Lipinski definition) is 3. The number of hydrogen-bond acceptors (Lipinski definition) is 3. The van der Waals surface area contributed by atoms with E-state index in [1.54, 1.807) is 0 Å². The van der Waals surface area contributed by atoms with Gasteiger partial charge in [0.05, 0.1) is 0 Å². The molecule has 26 heavy (non-hydrogen) atoms. The molecule has 0 saturated heterocycles. The molecule has 0 aromatic heterocycles. The normalized spacial score (nSPS) is 10.2. The van der Waals surface area contributed by atoms with Gasteiger partial charge in [0.1, 0.15) is 0 Å². The Hall–Kier alpha value is -3.02. The molecule has 0 aliphatic rings. The zero-order valence-corrected chi connectivity index (χ0v) is 14.9. The molecule has 0 bridgehead atoms. The van der Waals surface area contributed by atoms with Crippen molar-refractivity contribution in [3.63, 3.8) is 0 Å². The van der Waals surface area contributed by atoms with Crippen LogP contribution in [0.2, 0.25) is 0 Å². The van der Waals surface area contributed by atoms with Gasteiger partial charge in [-0.1, -0.05) is 30.3 Å². The molecule has 3 N–H and O–H groups in total. The van der Waals surface area contributed by atoms with E-state index in [0.29, 0.717) is 19.5 Å². The Bertz CT molecular complexity index is 702. The molecule has 0 unspecified atom stereocenters. The van der Waals surface area contributed by atoms with E-state index >= 15 is 0 Å². The molecule has 0 aliphatic heterocycles. The maximum atomic E-state index is 11.7. The van der Waals surface area contributed by atoms with E-state index in [1.807, 2.05) is 42.5 Å². The summed E-state index contributed by atoms with van der Waals surface area (Å²) in [5.74, 6) is -0.857. The standard InChI is InChI=1S/C20H25N3O3/c1-2-23(17-7-4-3-5-8-17)18-12-10-16(11-13-18)15-22-20(26)21-14-6-9-19(24)25/h3-5,7-8,10-13H,2,6,9,14-15H2,1H3,(H,24,25)(H2,21,22,26). The van der Waals surface area contributed by atoms with Gasteiger partial charge in [-0.15, -0.1) is 0 Å². The van der Waals surface area contributed by atoms with Crippen LogP contribution in [0.15, 0.2) is 54.6 Å². The van der Waals surface area contributed by atoms with Crippen LogP contribution in [0.25, 0.3) is 0 Å². The van der Waals surface area contributed by atoms with E-state index in [2.05, 4.69) is 34.6 Å². The Balaban J connectivity index is 1.83. The first-order chi connectivity index (χ1) is 12.6. The molecular weight excluding hydrogens is 330 g/mol. The van der Waals surface area contributed by atoms with Crippen molar-refractivity contribution in [2.24, 2.45) is 0 Å². The van der Waals surface area contributed by atoms with Crippen LogP contribution < -0.4 is 15.5 Å². The van der Waals surface area contributed by atoms with Gasteiger partial charge in [-0.3, -0.25) is 4.79 Å². The Morgan fingerprint density at radius 2 is 1.62 bits per heavy atom. The number of nitrogens with one attached hydrogen (secondary N) is 2. The average Bonchev–Trinajstić information content (AvgIpc) is 2.66. The van der Waals surface area contributed by atoms with E-state index < -0.39 is 5.97 Å². The summed E-state index contributed by atoms with van der Waals surface area (Å²) in [7, 11) is 0. The molecule has 0 aliphatic carbocycles. The molecule has 138 valence electrons. The lowest BCUT2D eigenvalue weighted by atomic mass is 10.1. The Labute approximate surface area is 153 Å². The van der Waals surface area contributed by atoms with Crippen LogP contribution in [-0.4, -0.2) is 30.2 Å². The van der Waals surface area contributed by atoms with Crippen molar-refractivity contribution in [2.45, 2.75) is 26.3 Å². The first kappa shape index (κ1) is 19.3. The van der Waals surface area contributed by atoms with Gasteiger partial charge in [-0.25, -0.2) is 4.79 Å². The fraction of sp³-hybridized carbons (Fsp3) is 0.300. The molecule has 0 saturated carbocycles. The van der Waals surface area contributed by atoms with Crippen molar-refractivity contribution < 1.29 is 14.7 Å².